The van der Waals surface area contributed by atoms with Gasteiger partial charge in [0.2, 0.25) is 0 Å². The summed E-state index contributed by atoms with van der Waals surface area (Å²) in [6.07, 6.45) is 10.5. The Morgan fingerprint density at radius 3 is 2.09 bits per heavy atom. The first-order chi connectivity index (χ1) is 16.6. The fourth-order valence-electron chi connectivity index (χ4n) is 5.40. The van der Waals surface area contributed by atoms with Crippen LogP contribution >= 0.6 is 34.4 Å². The number of fused-ring (bicyclic) bond motifs is 4. The van der Waals surface area contributed by atoms with Gasteiger partial charge in [-0.1, -0.05) is 71.3 Å². The fraction of sp³-hybridized carbons (Fsp3) is 0.538. The molecule has 0 aliphatic carbocycles. The number of aromatic nitrogens is 4. The van der Waals surface area contributed by atoms with Crippen molar-refractivity contribution in [3.8, 4) is 20.3 Å². The molecular weight excluding hydrogens is 493 g/mol. The molecule has 0 fully saturated rings. The maximum atomic E-state index is 5.47. The second kappa shape index (κ2) is 10.2. The number of unbranched alkanes of at least 4 members (excludes halogenated alkanes) is 6. The van der Waals surface area contributed by atoms with Crippen LogP contribution in [0.3, 0.4) is 0 Å². The lowest BCUT2D eigenvalue weighted by Crippen LogP contribution is -2.56. The Kier molecular flexibility index (Phi) is 7.30. The molecule has 1 aliphatic rings. The molecule has 8 heteroatoms. The lowest BCUT2D eigenvalue weighted by Gasteiger charge is -2.26. The van der Waals surface area contributed by atoms with Gasteiger partial charge in [-0.3, -0.25) is 4.98 Å². The predicted octanol–water partition coefficient (Wildman–Crippen LogP) is 7.59. The van der Waals surface area contributed by atoms with Crippen LogP contribution in [0.15, 0.2) is 12.1 Å². The number of rotatable bonds is 11. The van der Waals surface area contributed by atoms with Gasteiger partial charge >= 0.3 is 0 Å². The summed E-state index contributed by atoms with van der Waals surface area (Å²) >= 11 is 5.08. The molecule has 1 aliphatic heterocycles. The van der Waals surface area contributed by atoms with E-state index in [9.17, 15) is 0 Å². The molecule has 5 rings (SSSR count). The monoisotopic (exact) mass is 526 g/mol. The third-order valence-electron chi connectivity index (χ3n) is 7.24. The van der Waals surface area contributed by atoms with Crippen LogP contribution in [0.1, 0.15) is 75.8 Å². The molecular formula is C26H34N4S3Si. The number of hydrogen-bond donors (Lipinski definition) is 0. The van der Waals surface area contributed by atoms with Gasteiger partial charge in [0.1, 0.15) is 16.0 Å². The van der Waals surface area contributed by atoms with Crippen molar-refractivity contribution in [1.82, 2.24) is 18.7 Å². The van der Waals surface area contributed by atoms with Crippen molar-refractivity contribution in [1.29, 1.82) is 0 Å². The van der Waals surface area contributed by atoms with Crippen LogP contribution in [0, 0.1) is 13.8 Å². The van der Waals surface area contributed by atoms with Crippen LogP contribution in [0.5, 0.6) is 0 Å². The molecule has 0 radical (unpaired) electrons. The Bertz CT molecular complexity index is 1280. The Balaban J connectivity index is 1.60. The minimum atomic E-state index is -1.96. The summed E-state index contributed by atoms with van der Waals surface area (Å²) in [4.78, 5) is 13.5. The summed E-state index contributed by atoms with van der Waals surface area (Å²) < 4.78 is 9.22. The molecule has 0 amide bonds. The quantitative estimate of drug-likeness (QED) is 0.149. The number of thiazole rings is 2. The summed E-state index contributed by atoms with van der Waals surface area (Å²) in [5.74, 6) is 0. The second-order valence-electron chi connectivity index (χ2n) is 9.70. The average molecular weight is 527 g/mol. The molecule has 0 spiro atoms. The highest BCUT2D eigenvalue weighted by Gasteiger charge is 2.50. The summed E-state index contributed by atoms with van der Waals surface area (Å²) in [5.41, 5.74) is 4.37. The highest BCUT2D eigenvalue weighted by Crippen LogP contribution is 2.43. The molecule has 4 heterocycles. The number of benzene rings is 1. The van der Waals surface area contributed by atoms with Gasteiger partial charge in [0.25, 0.3) is 0 Å². The molecule has 0 atom stereocenters. The summed E-state index contributed by atoms with van der Waals surface area (Å²) in [5, 5.41) is 5.24. The van der Waals surface area contributed by atoms with E-state index in [4.69, 9.17) is 9.97 Å². The van der Waals surface area contributed by atoms with Crippen LogP contribution < -0.4 is 10.6 Å². The van der Waals surface area contributed by atoms with Crippen LogP contribution in [0.25, 0.3) is 31.4 Å². The van der Waals surface area contributed by atoms with E-state index in [0.717, 1.165) is 21.6 Å². The minimum Gasteiger partial charge on any atom is -0.250 e. The van der Waals surface area contributed by atoms with Crippen molar-refractivity contribution in [2.24, 2.45) is 0 Å². The fourth-order valence-corrected chi connectivity index (χ4v) is 14.7. The van der Waals surface area contributed by atoms with Crippen LogP contribution in [0.4, 0.5) is 0 Å². The summed E-state index contributed by atoms with van der Waals surface area (Å²) in [6.45, 7) is 8.90. The van der Waals surface area contributed by atoms with Crippen LogP contribution in [-0.4, -0.2) is 26.8 Å². The Morgan fingerprint density at radius 1 is 0.735 bits per heavy atom. The lowest BCUT2D eigenvalue weighted by molar-refractivity contribution is 0.684. The average Bonchev–Trinajstić information content (AvgIpc) is 3.59. The molecule has 1 aromatic carbocycles. The van der Waals surface area contributed by atoms with Gasteiger partial charge in [0, 0.05) is 5.56 Å². The van der Waals surface area contributed by atoms with Gasteiger partial charge in [-0.05, 0) is 37.6 Å². The Hall–Kier alpha value is -1.48. The van der Waals surface area contributed by atoms with E-state index >= 15 is 0 Å². The number of aryl methyl sites for hydroxylation is 2. The zero-order valence-electron chi connectivity index (χ0n) is 20.7. The van der Waals surface area contributed by atoms with E-state index in [-0.39, 0.29) is 0 Å². The molecule has 0 saturated heterocycles. The van der Waals surface area contributed by atoms with Crippen molar-refractivity contribution in [3.63, 3.8) is 0 Å². The van der Waals surface area contributed by atoms with E-state index in [0.29, 0.717) is 0 Å². The van der Waals surface area contributed by atoms with Crippen molar-refractivity contribution in [2.45, 2.75) is 91.1 Å². The van der Waals surface area contributed by atoms with Crippen molar-refractivity contribution < 1.29 is 0 Å². The van der Waals surface area contributed by atoms with Gasteiger partial charge in [0.15, 0.2) is 8.07 Å². The van der Waals surface area contributed by atoms with Gasteiger partial charge < -0.3 is 0 Å². The van der Waals surface area contributed by atoms with Gasteiger partial charge in [0.05, 0.1) is 37.1 Å². The van der Waals surface area contributed by atoms with E-state index in [1.807, 2.05) is 22.7 Å². The van der Waals surface area contributed by atoms with Crippen molar-refractivity contribution >= 4 is 64.1 Å². The van der Waals surface area contributed by atoms with Crippen molar-refractivity contribution in [3.05, 3.63) is 22.7 Å². The summed E-state index contributed by atoms with van der Waals surface area (Å²) in [7, 11) is -1.96. The third kappa shape index (κ3) is 4.20. The molecule has 180 valence electrons. The van der Waals surface area contributed by atoms with E-state index in [1.165, 1.54) is 106 Å². The molecule has 0 bridgehead atoms. The first-order valence-electron chi connectivity index (χ1n) is 12.8. The van der Waals surface area contributed by atoms with Crippen molar-refractivity contribution in [2.75, 3.05) is 0 Å². The standard InChI is InChI=1S/C26H34N4S3Si/c1-5-7-9-11-15-34(16-12-10-8-6-2)25-22(31-18(4)27-25)23-26(34)28-24(32-23)19-14-13-17(3)20-21(19)30-33-29-20/h13-14H,5-12,15-16H2,1-4H3. The zero-order valence-corrected chi connectivity index (χ0v) is 24.2. The number of nitrogens with zero attached hydrogens (tertiary/aromatic N) is 4. The molecule has 4 nitrogen and oxygen atoms in total. The highest BCUT2D eigenvalue weighted by atomic mass is 32.1. The zero-order chi connectivity index (χ0) is 23.7. The lowest BCUT2D eigenvalue weighted by atomic mass is 10.1. The Labute approximate surface area is 216 Å². The smallest absolute Gasteiger partial charge is 0.168 e. The Morgan fingerprint density at radius 2 is 1.38 bits per heavy atom. The molecule has 0 N–H and O–H groups in total. The molecule has 4 aromatic rings. The SMILES string of the molecule is CCCCCC[Si]1(CCCCCC)c2nc(C)sc2-c2sc(-c3ccc(C)c4nsnc34)nc21. The first kappa shape index (κ1) is 24.2. The van der Waals surface area contributed by atoms with Gasteiger partial charge in [-0.2, -0.15) is 8.75 Å². The van der Waals surface area contributed by atoms with E-state index < -0.39 is 8.07 Å². The predicted molar refractivity (Wildman–Crippen MR) is 152 cm³/mol. The summed E-state index contributed by atoms with van der Waals surface area (Å²) in [6, 6.07) is 6.98. The van der Waals surface area contributed by atoms with Gasteiger partial charge in [-0.25, -0.2) is 4.98 Å². The van der Waals surface area contributed by atoms with Gasteiger partial charge in [-0.15, -0.1) is 22.7 Å². The minimum absolute atomic E-state index is 1.01. The van der Waals surface area contributed by atoms with E-state index in [1.54, 1.807) is 0 Å². The normalized spacial score (nSPS) is 14.1. The van der Waals surface area contributed by atoms with Crippen LogP contribution in [0.2, 0.25) is 12.1 Å². The number of hydrogen-bond acceptors (Lipinski definition) is 7. The molecule has 0 unspecified atom stereocenters. The largest absolute Gasteiger partial charge is 0.250 e. The third-order valence-corrected chi connectivity index (χ3v) is 15.3. The van der Waals surface area contributed by atoms with Crippen LogP contribution in [-0.2, 0) is 0 Å². The maximum Gasteiger partial charge on any atom is 0.168 e. The highest BCUT2D eigenvalue weighted by molar-refractivity contribution is 7.29. The molecule has 3 aromatic heterocycles. The molecule has 34 heavy (non-hydrogen) atoms. The maximum absolute atomic E-state index is 5.47. The molecule has 0 saturated carbocycles. The first-order valence-corrected chi connectivity index (χ1v) is 17.6. The topological polar surface area (TPSA) is 51.6 Å². The second-order valence-corrected chi connectivity index (χ2v) is 16.5. The van der Waals surface area contributed by atoms with E-state index in [2.05, 4.69) is 48.6 Å².